The first kappa shape index (κ1) is 22.1. The molecule has 0 radical (unpaired) electrons. The van der Waals surface area contributed by atoms with Crippen LogP contribution in [0.2, 0.25) is 5.02 Å². The van der Waals surface area contributed by atoms with Crippen LogP contribution in [0, 0.1) is 17.8 Å². The van der Waals surface area contributed by atoms with Crippen LogP contribution in [-0.2, 0) is 4.79 Å². The number of ether oxygens (including phenoxy) is 1. The number of hydrogen-bond acceptors (Lipinski definition) is 8. The molecular weight excluding hydrogens is 464 g/mol. The standard InChI is InChI=1S/C22H27ClN6O3S/c23-17-4-3-16(32-12-13-1-2-13)5-18(17)28-8-14-10-29(11-15(14)9-28)22-25-6-19(33-22)21(24)27-26-7-20(30)31/h3-6,13-15,26H,1-2,7-12H2,(H2,24,27)(H,30,31). The van der Waals surface area contributed by atoms with Crippen LogP contribution in [0.15, 0.2) is 29.5 Å². The van der Waals surface area contributed by atoms with Crippen LogP contribution in [0.5, 0.6) is 5.75 Å². The third-order valence-corrected chi connectivity index (χ3v) is 7.77. The van der Waals surface area contributed by atoms with Crippen molar-refractivity contribution in [2.24, 2.45) is 28.6 Å². The quantitative estimate of drug-likeness (QED) is 0.279. The largest absolute Gasteiger partial charge is 0.493 e. The molecule has 1 aliphatic carbocycles. The monoisotopic (exact) mass is 490 g/mol. The highest BCUT2D eigenvalue weighted by Crippen LogP contribution is 2.40. The van der Waals surface area contributed by atoms with Gasteiger partial charge in [-0.05, 0) is 30.9 Å². The number of anilines is 2. The SMILES string of the molecule is N/C(=N\NCC(=O)O)c1cnc(N2CC3CN(c4cc(OCC5CC5)ccc4Cl)CC3C2)s1. The molecule has 1 saturated carbocycles. The van der Waals surface area contributed by atoms with Crippen LogP contribution < -0.4 is 25.7 Å². The van der Waals surface area contributed by atoms with E-state index < -0.39 is 5.97 Å². The molecule has 11 heteroatoms. The Kier molecular flexibility index (Phi) is 6.20. The maximum Gasteiger partial charge on any atom is 0.324 e. The van der Waals surface area contributed by atoms with Crippen LogP contribution in [0.3, 0.4) is 0 Å². The fourth-order valence-electron chi connectivity index (χ4n) is 4.45. The lowest BCUT2D eigenvalue weighted by molar-refractivity contribution is -0.135. The molecule has 3 aliphatic rings. The molecule has 0 amide bonds. The van der Waals surface area contributed by atoms with Gasteiger partial charge in [0.05, 0.1) is 28.4 Å². The number of aliphatic carboxylic acids is 1. The van der Waals surface area contributed by atoms with Crippen molar-refractivity contribution < 1.29 is 14.6 Å². The lowest BCUT2D eigenvalue weighted by atomic mass is 10.0. The number of hydrazone groups is 1. The van der Waals surface area contributed by atoms with Gasteiger partial charge in [-0.15, -0.1) is 0 Å². The zero-order chi connectivity index (χ0) is 22.9. The molecule has 1 aromatic carbocycles. The molecule has 1 aromatic heterocycles. The molecule has 3 heterocycles. The van der Waals surface area contributed by atoms with E-state index in [4.69, 9.17) is 27.2 Å². The average molecular weight is 491 g/mol. The number of fused-ring (bicyclic) bond motifs is 1. The van der Waals surface area contributed by atoms with Gasteiger partial charge in [-0.2, -0.15) is 5.10 Å². The number of amidine groups is 1. The van der Waals surface area contributed by atoms with E-state index in [0.29, 0.717) is 11.8 Å². The van der Waals surface area contributed by atoms with Gasteiger partial charge in [0, 0.05) is 44.1 Å². The summed E-state index contributed by atoms with van der Waals surface area (Å²) in [4.78, 5) is 20.5. The number of hydrogen-bond donors (Lipinski definition) is 3. The Labute approximate surface area is 201 Å². The number of carbonyl (C=O) groups is 1. The van der Waals surface area contributed by atoms with Gasteiger partial charge in [0.25, 0.3) is 0 Å². The number of nitrogens with zero attached hydrogens (tertiary/aromatic N) is 4. The number of halogens is 1. The first-order valence-corrected chi connectivity index (χ1v) is 12.3. The lowest BCUT2D eigenvalue weighted by Gasteiger charge is -2.24. The lowest BCUT2D eigenvalue weighted by Crippen LogP contribution is -2.28. The summed E-state index contributed by atoms with van der Waals surface area (Å²) in [5.41, 5.74) is 9.45. The highest BCUT2D eigenvalue weighted by Gasteiger charge is 2.41. The molecule has 4 N–H and O–H groups in total. The Hall–Kier alpha value is -2.72. The molecule has 3 fully saturated rings. The molecule has 2 saturated heterocycles. The number of nitrogens with one attached hydrogen (secondary N) is 1. The number of benzene rings is 1. The van der Waals surface area contributed by atoms with E-state index in [1.54, 1.807) is 6.20 Å². The van der Waals surface area contributed by atoms with Crippen LogP contribution in [0.25, 0.3) is 0 Å². The number of aromatic nitrogens is 1. The van der Waals surface area contributed by atoms with Crippen molar-refractivity contribution in [3.05, 3.63) is 34.3 Å². The fourth-order valence-corrected chi connectivity index (χ4v) is 5.52. The second-order valence-corrected chi connectivity index (χ2v) is 10.3. The molecule has 9 nitrogen and oxygen atoms in total. The molecule has 2 unspecified atom stereocenters. The minimum absolute atomic E-state index is 0.240. The zero-order valence-corrected chi connectivity index (χ0v) is 19.7. The Bertz CT molecular complexity index is 1040. The molecule has 2 atom stereocenters. The number of carboxylic acids is 1. The van der Waals surface area contributed by atoms with Crippen LogP contribution >= 0.6 is 22.9 Å². The van der Waals surface area contributed by atoms with Crippen molar-refractivity contribution in [1.82, 2.24) is 10.4 Å². The minimum Gasteiger partial charge on any atom is -0.493 e. The Morgan fingerprint density at radius 1 is 1.27 bits per heavy atom. The van der Waals surface area contributed by atoms with Crippen molar-refractivity contribution in [2.75, 3.05) is 49.1 Å². The van der Waals surface area contributed by atoms with Gasteiger partial charge in [-0.25, -0.2) is 4.98 Å². The average Bonchev–Trinajstić information content (AvgIpc) is 3.16. The summed E-state index contributed by atoms with van der Waals surface area (Å²) in [6, 6.07) is 5.98. The first-order chi connectivity index (χ1) is 16.0. The molecule has 0 bridgehead atoms. The fraction of sp³-hybridized carbons (Fsp3) is 0.500. The van der Waals surface area contributed by atoms with Gasteiger partial charge in [-0.3, -0.25) is 10.2 Å². The third kappa shape index (κ3) is 5.11. The topological polar surface area (TPSA) is 116 Å². The van der Waals surface area contributed by atoms with E-state index in [1.807, 2.05) is 12.1 Å². The van der Waals surface area contributed by atoms with E-state index >= 15 is 0 Å². The number of rotatable bonds is 9. The van der Waals surface area contributed by atoms with Gasteiger partial charge < -0.3 is 25.4 Å². The van der Waals surface area contributed by atoms with Crippen molar-refractivity contribution >= 4 is 45.6 Å². The van der Waals surface area contributed by atoms with Crippen molar-refractivity contribution in [3.63, 3.8) is 0 Å². The van der Waals surface area contributed by atoms with E-state index in [9.17, 15) is 4.79 Å². The minimum atomic E-state index is -0.993. The van der Waals surface area contributed by atoms with Gasteiger partial charge in [-0.1, -0.05) is 22.9 Å². The molecule has 33 heavy (non-hydrogen) atoms. The van der Waals surface area contributed by atoms with E-state index in [0.717, 1.165) is 65.2 Å². The summed E-state index contributed by atoms with van der Waals surface area (Å²) in [6.45, 7) is 4.28. The predicted molar refractivity (Wildman–Crippen MR) is 130 cm³/mol. The summed E-state index contributed by atoms with van der Waals surface area (Å²) in [5, 5.41) is 14.3. The van der Waals surface area contributed by atoms with Gasteiger partial charge in [0.1, 0.15) is 12.3 Å². The number of carboxylic acid groups (broad SMARTS) is 1. The Morgan fingerprint density at radius 3 is 2.70 bits per heavy atom. The second kappa shape index (κ2) is 9.26. The summed E-state index contributed by atoms with van der Waals surface area (Å²) in [6.07, 6.45) is 4.23. The normalized spacial score (nSPS) is 22.5. The highest BCUT2D eigenvalue weighted by atomic mass is 35.5. The van der Waals surface area contributed by atoms with E-state index in [-0.39, 0.29) is 12.4 Å². The Balaban J connectivity index is 1.19. The molecule has 2 aromatic rings. The third-order valence-electron chi connectivity index (χ3n) is 6.37. The summed E-state index contributed by atoms with van der Waals surface area (Å²) >= 11 is 8.01. The molecular formula is C22H27ClN6O3S. The smallest absolute Gasteiger partial charge is 0.324 e. The van der Waals surface area contributed by atoms with Crippen LogP contribution in [-0.4, -0.2) is 61.2 Å². The van der Waals surface area contributed by atoms with Crippen LogP contribution in [0.1, 0.15) is 17.7 Å². The zero-order valence-electron chi connectivity index (χ0n) is 18.1. The van der Waals surface area contributed by atoms with Gasteiger partial charge >= 0.3 is 5.97 Å². The predicted octanol–water partition coefficient (Wildman–Crippen LogP) is 2.45. The molecule has 176 valence electrons. The molecule has 0 spiro atoms. The van der Waals surface area contributed by atoms with E-state index in [1.165, 1.54) is 24.2 Å². The molecule has 5 rings (SSSR count). The summed E-state index contributed by atoms with van der Waals surface area (Å²) in [5.74, 6) is 1.93. The number of nitrogens with two attached hydrogens (primary N) is 1. The van der Waals surface area contributed by atoms with Gasteiger partial charge in [0.15, 0.2) is 11.0 Å². The second-order valence-electron chi connectivity index (χ2n) is 8.93. The van der Waals surface area contributed by atoms with Crippen molar-refractivity contribution in [2.45, 2.75) is 12.8 Å². The summed E-state index contributed by atoms with van der Waals surface area (Å²) in [7, 11) is 0. The maximum absolute atomic E-state index is 10.6. The maximum atomic E-state index is 10.6. The van der Waals surface area contributed by atoms with E-state index in [2.05, 4.69) is 31.4 Å². The number of thiazole rings is 1. The Morgan fingerprint density at radius 2 is 2.00 bits per heavy atom. The van der Waals surface area contributed by atoms with Crippen molar-refractivity contribution in [1.29, 1.82) is 0 Å². The highest BCUT2D eigenvalue weighted by molar-refractivity contribution is 7.17. The molecule has 2 aliphatic heterocycles. The van der Waals surface area contributed by atoms with Gasteiger partial charge in [0.2, 0.25) is 0 Å². The van der Waals surface area contributed by atoms with Crippen LogP contribution in [0.4, 0.5) is 10.8 Å². The summed E-state index contributed by atoms with van der Waals surface area (Å²) < 4.78 is 5.96. The first-order valence-electron chi connectivity index (χ1n) is 11.1. The van der Waals surface area contributed by atoms with Crippen molar-refractivity contribution in [3.8, 4) is 5.75 Å².